The Morgan fingerprint density at radius 1 is 1.43 bits per heavy atom. The summed E-state index contributed by atoms with van der Waals surface area (Å²) in [4.78, 5) is 24.9. The fraction of sp³-hybridized carbons (Fsp3) is 0.375. The number of carboxylic acid groups (broad SMARTS) is 1. The molecule has 3 rings (SSSR count). The molecular formula is C16H18ClNO5. The van der Waals surface area contributed by atoms with E-state index in [4.69, 9.17) is 14.3 Å². The SMILES string of the molecule is COc1ccc2c(CC(=O)N3CCC(C(=O)O)C3)coc2c1.Cl. The number of carbonyl (C=O) groups is 2. The third kappa shape index (κ3) is 3.42. The van der Waals surface area contributed by atoms with Gasteiger partial charge in [-0.05, 0) is 18.6 Å². The normalized spacial score (nSPS) is 17.1. The maximum absolute atomic E-state index is 12.3. The molecule has 2 heterocycles. The van der Waals surface area contributed by atoms with Crippen LogP contribution in [-0.4, -0.2) is 42.1 Å². The molecule has 1 aliphatic heterocycles. The van der Waals surface area contributed by atoms with Crippen LogP contribution < -0.4 is 4.74 Å². The number of hydrogen-bond acceptors (Lipinski definition) is 4. The lowest BCUT2D eigenvalue weighted by Crippen LogP contribution is -2.31. The Morgan fingerprint density at radius 2 is 2.22 bits per heavy atom. The molecule has 23 heavy (non-hydrogen) atoms. The zero-order valence-corrected chi connectivity index (χ0v) is 13.5. The summed E-state index contributed by atoms with van der Waals surface area (Å²) in [5.74, 6) is -0.656. The molecule has 6 nitrogen and oxygen atoms in total. The van der Waals surface area contributed by atoms with Gasteiger partial charge in [0.15, 0.2) is 0 Å². The van der Waals surface area contributed by atoms with Gasteiger partial charge in [-0.25, -0.2) is 0 Å². The molecule has 1 saturated heterocycles. The Morgan fingerprint density at radius 3 is 2.87 bits per heavy atom. The summed E-state index contributed by atoms with van der Waals surface area (Å²) in [5.41, 5.74) is 1.48. The second-order valence-corrected chi connectivity index (χ2v) is 5.46. The van der Waals surface area contributed by atoms with Gasteiger partial charge in [-0.1, -0.05) is 0 Å². The van der Waals surface area contributed by atoms with Gasteiger partial charge in [0.05, 0.1) is 25.7 Å². The van der Waals surface area contributed by atoms with E-state index >= 15 is 0 Å². The summed E-state index contributed by atoms with van der Waals surface area (Å²) in [5, 5.41) is 9.87. The minimum atomic E-state index is -0.837. The molecule has 0 spiro atoms. The van der Waals surface area contributed by atoms with Crippen LogP contribution in [-0.2, 0) is 16.0 Å². The maximum atomic E-state index is 12.3. The lowest BCUT2D eigenvalue weighted by atomic mass is 10.1. The molecule has 1 N–H and O–H groups in total. The van der Waals surface area contributed by atoms with Gasteiger partial charge in [-0.3, -0.25) is 9.59 Å². The molecule has 2 aromatic rings. The first kappa shape index (κ1) is 17.1. The Kier molecular flexibility index (Phi) is 5.15. The number of rotatable bonds is 4. The number of nitrogens with zero attached hydrogens (tertiary/aromatic N) is 1. The van der Waals surface area contributed by atoms with Crippen molar-refractivity contribution in [3.05, 3.63) is 30.0 Å². The van der Waals surface area contributed by atoms with E-state index in [1.54, 1.807) is 24.3 Å². The lowest BCUT2D eigenvalue weighted by molar-refractivity contribution is -0.141. The van der Waals surface area contributed by atoms with Crippen LogP contribution >= 0.6 is 12.4 Å². The van der Waals surface area contributed by atoms with Crippen LogP contribution in [0.2, 0.25) is 0 Å². The van der Waals surface area contributed by atoms with Crippen LogP contribution in [0.4, 0.5) is 0 Å². The van der Waals surface area contributed by atoms with Gasteiger partial charge >= 0.3 is 5.97 Å². The summed E-state index contributed by atoms with van der Waals surface area (Å²) in [6.07, 6.45) is 2.31. The Balaban J connectivity index is 0.00000192. The number of furan rings is 1. The van der Waals surface area contributed by atoms with Gasteiger partial charge in [-0.2, -0.15) is 0 Å². The molecule has 7 heteroatoms. The van der Waals surface area contributed by atoms with Crippen molar-refractivity contribution in [2.24, 2.45) is 5.92 Å². The molecule has 1 aromatic heterocycles. The molecule has 0 bridgehead atoms. The van der Waals surface area contributed by atoms with Crippen LogP contribution in [0.5, 0.6) is 5.75 Å². The molecule has 1 unspecified atom stereocenters. The molecule has 1 atom stereocenters. The number of benzene rings is 1. The van der Waals surface area contributed by atoms with Gasteiger partial charge in [0, 0.05) is 30.1 Å². The van der Waals surface area contributed by atoms with Gasteiger partial charge in [0.1, 0.15) is 11.3 Å². The number of methoxy groups -OCH3 is 1. The van der Waals surface area contributed by atoms with Crippen molar-refractivity contribution in [1.82, 2.24) is 4.90 Å². The number of carboxylic acids is 1. The topological polar surface area (TPSA) is 80.0 Å². The summed E-state index contributed by atoms with van der Waals surface area (Å²) in [6.45, 7) is 0.789. The van der Waals surface area contributed by atoms with E-state index < -0.39 is 11.9 Å². The van der Waals surface area contributed by atoms with Crippen LogP contribution in [0, 0.1) is 5.92 Å². The van der Waals surface area contributed by atoms with E-state index in [1.165, 1.54) is 0 Å². The quantitative estimate of drug-likeness (QED) is 0.924. The first-order valence-corrected chi connectivity index (χ1v) is 7.13. The summed E-state index contributed by atoms with van der Waals surface area (Å²) < 4.78 is 10.6. The number of carbonyl (C=O) groups excluding carboxylic acids is 1. The smallest absolute Gasteiger partial charge is 0.308 e. The van der Waals surface area contributed by atoms with E-state index in [9.17, 15) is 9.59 Å². The number of fused-ring (bicyclic) bond motifs is 1. The second kappa shape index (κ2) is 6.91. The second-order valence-electron chi connectivity index (χ2n) is 5.46. The van der Waals surface area contributed by atoms with Crippen LogP contribution in [0.1, 0.15) is 12.0 Å². The molecular weight excluding hydrogens is 322 g/mol. The minimum Gasteiger partial charge on any atom is -0.497 e. The monoisotopic (exact) mass is 339 g/mol. The molecule has 0 radical (unpaired) electrons. The fourth-order valence-corrected chi connectivity index (χ4v) is 2.79. The van der Waals surface area contributed by atoms with Gasteiger partial charge in [0.2, 0.25) is 5.91 Å². The van der Waals surface area contributed by atoms with Crippen molar-refractivity contribution in [1.29, 1.82) is 0 Å². The zero-order valence-electron chi connectivity index (χ0n) is 12.7. The van der Waals surface area contributed by atoms with Crippen molar-refractivity contribution >= 4 is 35.3 Å². The molecule has 1 aromatic carbocycles. The molecule has 1 aliphatic rings. The van der Waals surface area contributed by atoms with Crippen LogP contribution in [0.3, 0.4) is 0 Å². The minimum absolute atomic E-state index is 0. The summed E-state index contributed by atoms with van der Waals surface area (Å²) in [7, 11) is 1.58. The zero-order chi connectivity index (χ0) is 15.7. The van der Waals surface area contributed by atoms with E-state index in [0.29, 0.717) is 24.3 Å². The number of ether oxygens (including phenoxy) is 1. The Labute approximate surface area is 139 Å². The van der Waals surface area contributed by atoms with Crippen molar-refractivity contribution in [3.63, 3.8) is 0 Å². The number of halogens is 1. The van der Waals surface area contributed by atoms with Crippen LogP contribution in [0.15, 0.2) is 28.9 Å². The predicted octanol–water partition coefficient (Wildman–Crippen LogP) is 2.34. The average molecular weight is 340 g/mol. The van der Waals surface area contributed by atoms with Gasteiger partial charge < -0.3 is 19.2 Å². The van der Waals surface area contributed by atoms with E-state index in [0.717, 1.165) is 10.9 Å². The maximum Gasteiger partial charge on any atom is 0.308 e. The molecule has 0 saturated carbocycles. The summed E-state index contributed by atoms with van der Waals surface area (Å²) >= 11 is 0. The fourth-order valence-electron chi connectivity index (χ4n) is 2.79. The molecule has 0 aliphatic carbocycles. The van der Waals surface area contributed by atoms with Gasteiger partial charge in [-0.15, -0.1) is 12.4 Å². The number of amides is 1. The number of likely N-dealkylation sites (tertiary alicyclic amines) is 1. The highest BCUT2D eigenvalue weighted by Gasteiger charge is 2.31. The highest BCUT2D eigenvalue weighted by atomic mass is 35.5. The highest BCUT2D eigenvalue weighted by molar-refractivity contribution is 5.88. The van der Waals surface area contributed by atoms with E-state index in [-0.39, 0.29) is 31.3 Å². The van der Waals surface area contributed by atoms with Crippen molar-refractivity contribution in [2.75, 3.05) is 20.2 Å². The summed E-state index contributed by atoms with van der Waals surface area (Å²) in [6, 6.07) is 5.46. The van der Waals surface area contributed by atoms with Crippen molar-refractivity contribution in [2.45, 2.75) is 12.8 Å². The van der Waals surface area contributed by atoms with E-state index in [1.807, 2.05) is 12.1 Å². The Bertz CT molecular complexity index is 726. The predicted molar refractivity (Wildman–Crippen MR) is 86.0 cm³/mol. The standard InChI is InChI=1S/C16H17NO5.ClH/c1-21-12-2-3-13-11(9-22-14(13)7-12)6-15(18)17-5-4-10(8-17)16(19)20;/h2-3,7,9-10H,4-6,8H2,1H3,(H,19,20);1H. The largest absolute Gasteiger partial charge is 0.497 e. The first-order valence-electron chi connectivity index (χ1n) is 7.13. The molecule has 1 fully saturated rings. The third-order valence-corrected chi connectivity index (χ3v) is 4.09. The highest BCUT2D eigenvalue weighted by Crippen LogP contribution is 2.27. The average Bonchev–Trinajstić information content (AvgIpc) is 3.14. The van der Waals surface area contributed by atoms with Crippen LogP contribution in [0.25, 0.3) is 11.0 Å². The Hall–Kier alpha value is -2.21. The number of hydrogen-bond donors (Lipinski definition) is 1. The molecule has 1 amide bonds. The lowest BCUT2D eigenvalue weighted by Gasteiger charge is -2.15. The van der Waals surface area contributed by atoms with Gasteiger partial charge in [0.25, 0.3) is 0 Å². The van der Waals surface area contributed by atoms with E-state index in [2.05, 4.69) is 0 Å². The van der Waals surface area contributed by atoms with Crippen molar-refractivity contribution < 1.29 is 23.8 Å². The molecule has 124 valence electrons. The number of aliphatic carboxylic acids is 1. The first-order chi connectivity index (χ1) is 10.6. The third-order valence-electron chi connectivity index (χ3n) is 4.09. The van der Waals surface area contributed by atoms with Crippen molar-refractivity contribution in [3.8, 4) is 5.75 Å².